The van der Waals surface area contributed by atoms with Crippen molar-refractivity contribution in [3.63, 3.8) is 0 Å². The molecule has 0 fully saturated rings. The van der Waals surface area contributed by atoms with Gasteiger partial charge in [-0.1, -0.05) is 0 Å². The van der Waals surface area contributed by atoms with Crippen LogP contribution < -0.4 is 5.73 Å². The molecule has 0 aliphatic rings. The molecule has 0 aliphatic heterocycles. The minimum atomic E-state index is 0.644. The number of aromatic nitrogens is 3. The first-order valence-electron chi connectivity index (χ1n) is 5.77. The van der Waals surface area contributed by atoms with Gasteiger partial charge >= 0.3 is 0 Å². The van der Waals surface area contributed by atoms with E-state index in [-0.39, 0.29) is 0 Å². The lowest BCUT2D eigenvalue weighted by Crippen LogP contribution is -2.06. The molecule has 0 amide bonds. The molecule has 2 heterocycles. The predicted molar refractivity (Wildman–Crippen MR) is 71.2 cm³/mol. The van der Waals surface area contributed by atoms with E-state index in [9.17, 15) is 0 Å². The Kier molecular flexibility index (Phi) is 3.75. The fourth-order valence-electron chi connectivity index (χ4n) is 1.68. The molecule has 0 aromatic carbocycles. The molecule has 5 nitrogen and oxygen atoms in total. The molecule has 2 N–H and O–H groups in total. The second-order valence-electron chi connectivity index (χ2n) is 4.10. The van der Waals surface area contributed by atoms with Crippen molar-refractivity contribution in [2.24, 2.45) is 5.73 Å². The summed E-state index contributed by atoms with van der Waals surface area (Å²) in [6.45, 7) is 5.38. The molecule has 0 saturated carbocycles. The zero-order valence-electron chi connectivity index (χ0n) is 10.5. The summed E-state index contributed by atoms with van der Waals surface area (Å²) in [5.41, 5.74) is 7.58. The number of aryl methyl sites for hydroxylation is 1. The van der Waals surface area contributed by atoms with E-state index < -0.39 is 0 Å². The average molecular weight is 261 g/mol. The summed E-state index contributed by atoms with van der Waals surface area (Å²) in [7, 11) is 0. The van der Waals surface area contributed by atoms with Gasteiger partial charge in [-0.2, -0.15) is 10.4 Å². The summed E-state index contributed by atoms with van der Waals surface area (Å²) in [6, 6.07) is 2.21. The van der Waals surface area contributed by atoms with Gasteiger partial charge in [-0.15, -0.1) is 11.3 Å². The Morgan fingerprint density at radius 1 is 1.44 bits per heavy atom. The lowest BCUT2D eigenvalue weighted by molar-refractivity contribution is 0.585. The first kappa shape index (κ1) is 12.7. The molecule has 94 valence electrons. The van der Waals surface area contributed by atoms with Crippen LogP contribution in [-0.2, 0) is 6.54 Å². The molecule has 0 bridgehead atoms. The zero-order valence-corrected chi connectivity index (χ0v) is 11.3. The van der Waals surface area contributed by atoms with Crippen molar-refractivity contribution in [3.05, 3.63) is 22.3 Å². The van der Waals surface area contributed by atoms with Crippen molar-refractivity contribution < 1.29 is 0 Å². The highest BCUT2D eigenvalue weighted by Gasteiger charge is 2.15. The molecule has 0 unspecified atom stereocenters. The maximum absolute atomic E-state index is 9.02. The van der Waals surface area contributed by atoms with Gasteiger partial charge in [0.2, 0.25) is 0 Å². The van der Waals surface area contributed by atoms with Crippen LogP contribution in [0.3, 0.4) is 0 Å². The maximum atomic E-state index is 9.02. The van der Waals surface area contributed by atoms with E-state index >= 15 is 0 Å². The van der Waals surface area contributed by atoms with Gasteiger partial charge < -0.3 is 5.73 Å². The van der Waals surface area contributed by atoms with Gasteiger partial charge in [0, 0.05) is 6.54 Å². The molecular weight excluding hydrogens is 246 g/mol. The Morgan fingerprint density at radius 2 is 2.22 bits per heavy atom. The highest BCUT2D eigenvalue weighted by atomic mass is 32.1. The molecule has 0 saturated heterocycles. The second-order valence-corrected chi connectivity index (χ2v) is 5.12. The van der Waals surface area contributed by atoms with E-state index in [4.69, 9.17) is 11.0 Å². The van der Waals surface area contributed by atoms with Gasteiger partial charge in [0.25, 0.3) is 0 Å². The van der Waals surface area contributed by atoms with Gasteiger partial charge in [-0.05, 0) is 37.9 Å². The topological polar surface area (TPSA) is 80.5 Å². The van der Waals surface area contributed by atoms with E-state index in [0.29, 0.717) is 12.4 Å². The number of nitrogens with two attached hydrogens (primary N) is 1. The van der Waals surface area contributed by atoms with Crippen LogP contribution in [-0.4, -0.2) is 21.3 Å². The van der Waals surface area contributed by atoms with Crippen LogP contribution in [0.2, 0.25) is 0 Å². The maximum Gasteiger partial charge on any atom is 0.191 e. The average Bonchev–Trinajstić information content (AvgIpc) is 2.94. The summed E-state index contributed by atoms with van der Waals surface area (Å²) in [6.07, 6.45) is 2.60. The monoisotopic (exact) mass is 261 g/mol. The van der Waals surface area contributed by atoms with Gasteiger partial charge in [0.15, 0.2) is 5.82 Å². The van der Waals surface area contributed by atoms with Crippen molar-refractivity contribution in [3.8, 4) is 16.8 Å². The Morgan fingerprint density at radius 3 is 2.83 bits per heavy atom. The van der Waals surface area contributed by atoms with E-state index in [0.717, 1.165) is 33.8 Å². The second kappa shape index (κ2) is 5.29. The number of nitrogens with zero attached hydrogens (tertiary/aromatic N) is 4. The van der Waals surface area contributed by atoms with E-state index in [2.05, 4.69) is 16.2 Å². The lowest BCUT2D eigenvalue weighted by atomic mass is 10.1. The fourth-order valence-corrected chi connectivity index (χ4v) is 2.72. The quantitative estimate of drug-likeness (QED) is 0.910. The van der Waals surface area contributed by atoms with Crippen LogP contribution in [0.5, 0.6) is 0 Å². The Labute approximate surface area is 110 Å². The number of hydrogen-bond donors (Lipinski definition) is 1. The largest absolute Gasteiger partial charge is 0.330 e. The standard InChI is InChI=1S/C12H15N5S/c1-8-9(2)11(18-10(8)6-14)12-15-7-17(16-12)5-3-4-13/h7H,3-5,13H2,1-2H3. The van der Waals surface area contributed by atoms with Crippen LogP contribution in [0, 0.1) is 25.2 Å². The summed E-state index contributed by atoms with van der Waals surface area (Å²) >= 11 is 1.45. The number of rotatable bonds is 4. The summed E-state index contributed by atoms with van der Waals surface area (Å²) < 4.78 is 1.79. The molecular formula is C12H15N5S. The number of hydrogen-bond acceptors (Lipinski definition) is 5. The van der Waals surface area contributed by atoms with Crippen molar-refractivity contribution in [1.82, 2.24) is 14.8 Å². The van der Waals surface area contributed by atoms with E-state index in [1.165, 1.54) is 11.3 Å². The smallest absolute Gasteiger partial charge is 0.191 e. The van der Waals surface area contributed by atoms with Gasteiger partial charge in [0.05, 0.1) is 4.88 Å². The first-order chi connectivity index (χ1) is 8.67. The van der Waals surface area contributed by atoms with E-state index in [1.807, 2.05) is 13.8 Å². The number of thiophene rings is 1. The minimum absolute atomic E-state index is 0.644. The van der Waals surface area contributed by atoms with Crippen molar-refractivity contribution in [2.45, 2.75) is 26.8 Å². The third kappa shape index (κ3) is 2.28. The molecule has 6 heteroatoms. The highest BCUT2D eigenvalue weighted by Crippen LogP contribution is 2.33. The van der Waals surface area contributed by atoms with Crippen molar-refractivity contribution >= 4 is 11.3 Å². The van der Waals surface area contributed by atoms with E-state index in [1.54, 1.807) is 11.0 Å². The van der Waals surface area contributed by atoms with Crippen molar-refractivity contribution in [1.29, 1.82) is 5.26 Å². The minimum Gasteiger partial charge on any atom is -0.330 e. The normalized spacial score (nSPS) is 10.6. The predicted octanol–water partition coefficient (Wildman–Crippen LogP) is 1.84. The van der Waals surface area contributed by atoms with Crippen LogP contribution in [0.25, 0.3) is 10.7 Å². The van der Waals surface area contributed by atoms with Crippen molar-refractivity contribution in [2.75, 3.05) is 6.54 Å². The zero-order chi connectivity index (χ0) is 13.1. The molecule has 0 atom stereocenters. The van der Waals surface area contributed by atoms with Gasteiger partial charge in [-0.25, -0.2) is 4.98 Å². The molecule has 2 aromatic heterocycles. The van der Waals surface area contributed by atoms with Crippen LogP contribution in [0.1, 0.15) is 22.4 Å². The van der Waals surface area contributed by atoms with Gasteiger partial charge in [0.1, 0.15) is 17.3 Å². The summed E-state index contributed by atoms with van der Waals surface area (Å²) in [4.78, 5) is 6.02. The van der Waals surface area contributed by atoms with Gasteiger partial charge in [-0.3, -0.25) is 4.68 Å². The molecule has 2 rings (SSSR count). The molecule has 18 heavy (non-hydrogen) atoms. The first-order valence-corrected chi connectivity index (χ1v) is 6.59. The van der Waals surface area contributed by atoms with Crippen LogP contribution in [0.15, 0.2) is 6.33 Å². The SMILES string of the molecule is Cc1c(C#N)sc(-c2ncn(CCCN)n2)c1C. The Bertz CT molecular complexity index is 590. The molecule has 2 aromatic rings. The van der Waals surface area contributed by atoms with Crippen LogP contribution >= 0.6 is 11.3 Å². The Hall–Kier alpha value is -1.71. The number of nitriles is 1. The third-order valence-electron chi connectivity index (χ3n) is 2.88. The summed E-state index contributed by atoms with van der Waals surface area (Å²) in [5.74, 6) is 0.694. The summed E-state index contributed by atoms with van der Waals surface area (Å²) in [5, 5.41) is 13.4. The Balaban J connectivity index is 2.32. The third-order valence-corrected chi connectivity index (χ3v) is 4.17. The fraction of sp³-hybridized carbons (Fsp3) is 0.417. The lowest BCUT2D eigenvalue weighted by Gasteiger charge is -1.97. The molecule has 0 aliphatic carbocycles. The highest BCUT2D eigenvalue weighted by molar-refractivity contribution is 7.16. The van der Waals surface area contributed by atoms with Crippen LogP contribution in [0.4, 0.5) is 0 Å². The molecule has 0 radical (unpaired) electrons. The molecule has 0 spiro atoms.